The summed E-state index contributed by atoms with van der Waals surface area (Å²) < 4.78 is 10.9. The molecule has 0 bridgehead atoms. The third-order valence-corrected chi connectivity index (χ3v) is 6.45. The SMILES string of the molecule is CC(C)Oc1ccc(-n2c(=O)n(C)c3cnc4ccc(-c5ccc(-c6cnn(C)c6)nc5)cc4c32)cc1. The fraction of sp³-hybridized carbons (Fsp3) is 0.172. The van der Waals surface area contributed by atoms with Crippen molar-refractivity contribution in [3.05, 3.63) is 89.9 Å². The molecule has 0 amide bonds. The van der Waals surface area contributed by atoms with Crippen LogP contribution in [-0.2, 0) is 14.1 Å². The van der Waals surface area contributed by atoms with E-state index in [1.54, 1.807) is 33.3 Å². The Bertz CT molecular complexity index is 1810. The van der Waals surface area contributed by atoms with Crippen LogP contribution in [0.5, 0.6) is 5.75 Å². The quantitative estimate of drug-likeness (QED) is 0.335. The topological polar surface area (TPSA) is 79.8 Å². The number of rotatable bonds is 5. The molecule has 0 spiro atoms. The lowest BCUT2D eigenvalue weighted by Crippen LogP contribution is -2.20. The third-order valence-electron chi connectivity index (χ3n) is 6.45. The lowest BCUT2D eigenvalue weighted by molar-refractivity contribution is 0.242. The van der Waals surface area contributed by atoms with Gasteiger partial charge in [0, 0.05) is 43.0 Å². The first-order chi connectivity index (χ1) is 17.9. The van der Waals surface area contributed by atoms with Crippen LogP contribution >= 0.6 is 0 Å². The number of benzene rings is 2. The number of pyridine rings is 2. The van der Waals surface area contributed by atoms with Crippen LogP contribution in [0.4, 0.5) is 0 Å². The first-order valence-corrected chi connectivity index (χ1v) is 12.1. The molecule has 0 radical (unpaired) electrons. The summed E-state index contributed by atoms with van der Waals surface area (Å²) in [5, 5.41) is 5.12. The second kappa shape index (κ2) is 8.74. The van der Waals surface area contributed by atoms with E-state index in [-0.39, 0.29) is 11.8 Å². The molecule has 0 aliphatic rings. The van der Waals surface area contributed by atoms with Gasteiger partial charge in [-0.25, -0.2) is 4.79 Å². The molecule has 6 rings (SSSR count). The minimum Gasteiger partial charge on any atom is -0.491 e. The van der Waals surface area contributed by atoms with Crippen molar-refractivity contribution in [3.63, 3.8) is 0 Å². The van der Waals surface area contributed by atoms with Crippen molar-refractivity contribution in [1.82, 2.24) is 28.9 Å². The van der Waals surface area contributed by atoms with Crippen molar-refractivity contribution < 1.29 is 4.74 Å². The first-order valence-electron chi connectivity index (χ1n) is 12.1. The molecule has 8 heteroatoms. The zero-order valence-corrected chi connectivity index (χ0v) is 21.1. The van der Waals surface area contributed by atoms with E-state index in [1.807, 2.05) is 75.8 Å². The molecule has 0 atom stereocenters. The van der Waals surface area contributed by atoms with E-state index < -0.39 is 0 Å². The number of fused-ring (bicyclic) bond motifs is 3. The van der Waals surface area contributed by atoms with E-state index in [9.17, 15) is 4.79 Å². The summed E-state index contributed by atoms with van der Waals surface area (Å²) in [4.78, 5) is 22.7. The summed E-state index contributed by atoms with van der Waals surface area (Å²) in [5.41, 5.74) is 6.85. The highest BCUT2D eigenvalue weighted by atomic mass is 16.5. The highest BCUT2D eigenvalue weighted by Gasteiger charge is 2.17. The zero-order valence-electron chi connectivity index (χ0n) is 21.1. The lowest BCUT2D eigenvalue weighted by atomic mass is 10.0. The molecule has 4 heterocycles. The number of aromatic nitrogens is 6. The van der Waals surface area contributed by atoms with Crippen LogP contribution in [-0.4, -0.2) is 35.0 Å². The Kier molecular flexibility index (Phi) is 5.37. The van der Waals surface area contributed by atoms with Gasteiger partial charge >= 0.3 is 5.69 Å². The van der Waals surface area contributed by atoms with Crippen molar-refractivity contribution in [2.75, 3.05) is 0 Å². The average molecular weight is 491 g/mol. The van der Waals surface area contributed by atoms with E-state index in [2.05, 4.69) is 27.2 Å². The van der Waals surface area contributed by atoms with Crippen molar-refractivity contribution in [3.8, 4) is 33.8 Å². The van der Waals surface area contributed by atoms with Gasteiger partial charge in [0.25, 0.3) is 0 Å². The van der Waals surface area contributed by atoms with Gasteiger partial charge in [0.1, 0.15) is 5.75 Å². The standard InChI is InChI=1S/C29H26N6O2/c1-18(2)37-23-9-7-22(8-10-23)35-28-24-13-19(5-12-26(24)31-16-27(28)34(4)29(35)36)20-6-11-25(30-14-20)21-15-32-33(3)17-21/h5-18H,1-4H3. The predicted octanol–water partition coefficient (Wildman–Crippen LogP) is 5.13. The maximum atomic E-state index is 13.4. The first kappa shape index (κ1) is 22.7. The van der Waals surface area contributed by atoms with Crippen molar-refractivity contribution in [2.45, 2.75) is 20.0 Å². The Morgan fingerprint density at radius 1 is 0.838 bits per heavy atom. The minimum absolute atomic E-state index is 0.0764. The zero-order chi connectivity index (χ0) is 25.7. The molecule has 0 aliphatic heterocycles. The smallest absolute Gasteiger partial charge is 0.333 e. The van der Waals surface area contributed by atoms with Gasteiger partial charge in [-0.05, 0) is 61.9 Å². The van der Waals surface area contributed by atoms with E-state index in [4.69, 9.17) is 4.74 Å². The summed E-state index contributed by atoms with van der Waals surface area (Å²) in [6.45, 7) is 3.98. The summed E-state index contributed by atoms with van der Waals surface area (Å²) >= 11 is 0. The van der Waals surface area contributed by atoms with Crippen LogP contribution in [0.25, 0.3) is 50.0 Å². The van der Waals surface area contributed by atoms with Crippen LogP contribution < -0.4 is 10.4 Å². The molecule has 8 nitrogen and oxygen atoms in total. The molecule has 0 saturated carbocycles. The van der Waals surface area contributed by atoms with Crippen LogP contribution in [0.3, 0.4) is 0 Å². The van der Waals surface area contributed by atoms with Gasteiger partial charge in [0.05, 0.1) is 46.4 Å². The lowest BCUT2D eigenvalue weighted by Gasteiger charge is -2.11. The molecule has 0 saturated heterocycles. The molecular formula is C29H26N6O2. The molecular weight excluding hydrogens is 464 g/mol. The molecule has 4 aromatic heterocycles. The van der Waals surface area contributed by atoms with Crippen molar-refractivity contribution in [2.24, 2.45) is 14.1 Å². The third kappa shape index (κ3) is 3.96. The van der Waals surface area contributed by atoms with E-state index in [0.29, 0.717) is 0 Å². The van der Waals surface area contributed by atoms with Crippen LogP contribution in [0.15, 0.2) is 84.2 Å². The molecule has 0 N–H and O–H groups in total. The van der Waals surface area contributed by atoms with Gasteiger partial charge in [0.15, 0.2) is 0 Å². The van der Waals surface area contributed by atoms with Crippen molar-refractivity contribution >= 4 is 21.9 Å². The number of aryl methyl sites for hydroxylation is 2. The van der Waals surface area contributed by atoms with E-state index >= 15 is 0 Å². The Balaban J connectivity index is 1.49. The van der Waals surface area contributed by atoms with Crippen LogP contribution in [0, 0.1) is 0 Å². The minimum atomic E-state index is -0.130. The average Bonchev–Trinajstić information content (AvgIpc) is 3.45. The molecule has 0 aliphatic carbocycles. The fourth-order valence-electron chi connectivity index (χ4n) is 4.65. The largest absolute Gasteiger partial charge is 0.491 e. The number of hydrogen-bond donors (Lipinski definition) is 0. The van der Waals surface area contributed by atoms with Gasteiger partial charge < -0.3 is 4.74 Å². The summed E-state index contributed by atoms with van der Waals surface area (Å²) in [6, 6.07) is 17.8. The summed E-state index contributed by atoms with van der Waals surface area (Å²) in [6.07, 6.45) is 7.44. The van der Waals surface area contributed by atoms with Crippen molar-refractivity contribution in [1.29, 1.82) is 0 Å². The highest BCUT2D eigenvalue weighted by Crippen LogP contribution is 2.30. The molecule has 184 valence electrons. The number of hydrogen-bond acceptors (Lipinski definition) is 5. The monoisotopic (exact) mass is 490 g/mol. The maximum Gasteiger partial charge on any atom is 0.333 e. The second-order valence-corrected chi connectivity index (χ2v) is 9.40. The van der Waals surface area contributed by atoms with E-state index in [0.717, 1.165) is 55.8 Å². The fourth-order valence-corrected chi connectivity index (χ4v) is 4.65. The Hall–Kier alpha value is -4.72. The van der Waals surface area contributed by atoms with Crippen LogP contribution in [0.2, 0.25) is 0 Å². The summed E-state index contributed by atoms with van der Waals surface area (Å²) in [5.74, 6) is 0.767. The Morgan fingerprint density at radius 2 is 1.62 bits per heavy atom. The Labute approximate surface area is 213 Å². The predicted molar refractivity (Wildman–Crippen MR) is 145 cm³/mol. The maximum absolute atomic E-state index is 13.4. The van der Waals surface area contributed by atoms with Gasteiger partial charge in [-0.15, -0.1) is 0 Å². The number of imidazole rings is 1. The highest BCUT2D eigenvalue weighted by molar-refractivity contribution is 6.04. The van der Waals surface area contributed by atoms with Crippen LogP contribution in [0.1, 0.15) is 13.8 Å². The van der Waals surface area contributed by atoms with E-state index in [1.165, 1.54) is 0 Å². The molecule has 0 unspecified atom stereocenters. The van der Waals surface area contributed by atoms with Gasteiger partial charge in [0.2, 0.25) is 0 Å². The number of nitrogens with zero attached hydrogens (tertiary/aromatic N) is 6. The molecule has 6 aromatic rings. The molecule has 2 aromatic carbocycles. The molecule has 0 fully saturated rings. The second-order valence-electron chi connectivity index (χ2n) is 9.40. The molecule has 37 heavy (non-hydrogen) atoms. The normalized spacial score (nSPS) is 11.6. The van der Waals surface area contributed by atoms with Gasteiger partial charge in [-0.3, -0.25) is 23.8 Å². The summed E-state index contributed by atoms with van der Waals surface area (Å²) in [7, 11) is 3.66. The van der Waals surface area contributed by atoms with Gasteiger partial charge in [-0.1, -0.05) is 12.1 Å². The number of ether oxygens (including phenoxy) is 1. The Morgan fingerprint density at radius 3 is 2.30 bits per heavy atom. The van der Waals surface area contributed by atoms with Gasteiger partial charge in [-0.2, -0.15) is 5.10 Å².